The van der Waals surface area contributed by atoms with Crippen LogP contribution in [-0.2, 0) is 9.59 Å². The molecular formula is C15H16BrNO3S. The number of benzene rings is 1. The molecule has 1 aliphatic heterocycles. The summed E-state index contributed by atoms with van der Waals surface area (Å²) in [6.45, 7) is 0. The second-order valence-corrected chi connectivity index (χ2v) is 7.70. The molecule has 21 heavy (non-hydrogen) atoms. The van der Waals surface area contributed by atoms with Gasteiger partial charge in [-0.05, 0) is 42.2 Å². The molecule has 0 spiro atoms. The number of carboxylic acid groups (broad SMARTS) is 1. The van der Waals surface area contributed by atoms with Crippen LogP contribution >= 0.6 is 27.7 Å². The van der Waals surface area contributed by atoms with E-state index in [9.17, 15) is 14.7 Å². The summed E-state index contributed by atoms with van der Waals surface area (Å²) in [7, 11) is 0. The van der Waals surface area contributed by atoms with Crippen LogP contribution in [0, 0.1) is 5.92 Å². The summed E-state index contributed by atoms with van der Waals surface area (Å²) in [5.41, 5.74) is 0.0706. The SMILES string of the molecule is O=C(NC1(C(=O)O)CCSC1)C1CC1c1cccc(Br)c1. The van der Waals surface area contributed by atoms with Gasteiger partial charge in [0.25, 0.3) is 0 Å². The zero-order chi connectivity index (χ0) is 15.0. The highest BCUT2D eigenvalue weighted by Gasteiger charge is 2.49. The van der Waals surface area contributed by atoms with E-state index in [0.29, 0.717) is 12.2 Å². The lowest BCUT2D eigenvalue weighted by Gasteiger charge is -2.24. The zero-order valence-corrected chi connectivity index (χ0v) is 13.7. The van der Waals surface area contributed by atoms with Gasteiger partial charge in [0.2, 0.25) is 5.91 Å². The van der Waals surface area contributed by atoms with Gasteiger partial charge in [0, 0.05) is 16.1 Å². The summed E-state index contributed by atoms with van der Waals surface area (Å²) in [6.07, 6.45) is 1.30. The monoisotopic (exact) mass is 369 g/mol. The normalized spacial score (nSPS) is 30.9. The summed E-state index contributed by atoms with van der Waals surface area (Å²) in [5, 5.41) is 12.2. The average molecular weight is 370 g/mol. The molecular weight excluding hydrogens is 354 g/mol. The molecule has 1 aliphatic carbocycles. The van der Waals surface area contributed by atoms with Crippen LogP contribution in [0.1, 0.15) is 24.3 Å². The maximum absolute atomic E-state index is 12.3. The van der Waals surface area contributed by atoms with Crippen LogP contribution in [0.3, 0.4) is 0 Å². The van der Waals surface area contributed by atoms with Gasteiger partial charge in [-0.15, -0.1) is 0 Å². The summed E-state index contributed by atoms with van der Waals surface area (Å²) >= 11 is 5.01. The predicted octanol–water partition coefficient (Wildman–Crippen LogP) is 2.63. The average Bonchev–Trinajstić information content (AvgIpc) is 3.11. The lowest BCUT2D eigenvalue weighted by Crippen LogP contribution is -2.55. The smallest absolute Gasteiger partial charge is 0.330 e. The summed E-state index contributed by atoms with van der Waals surface area (Å²) in [4.78, 5) is 23.8. The second-order valence-electron chi connectivity index (χ2n) is 5.68. The Morgan fingerprint density at radius 1 is 1.43 bits per heavy atom. The Hall–Kier alpha value is -1.01. The number of hydrogen-bond acceptors (Lipinski definition) is 3. The van der Waals surface area contributed by atoms with E-state index in [1.165, 1.54) is 0 Å². The van der Waals surface area contributed by atoms with Gasteiger partial charge >= 0.3 is 5.97 Å². The third-order valence-corrected chi connectivity index (χ3v) is 5.88. The number of halogens is 1. The minimum atomic E-state index is -1.06. The number of hydrogen-bond donors (Lipinski definition) is 2. The van der Waals surface area contributed by atoms with E-state index in [2.05, 4.69) is 21.2 Å². The topological polar surface area (TPSA) is 66.4 Å². The molecule has 2 N–H and O–H groups in total. The molecule has 1 saturated carbocycles. The molecule has 3 atom stereocenters. The molecule has 0 bridgehead atoms. The highest BCUT2D eigenvalue weighted by atomic mass is 79.9. The first-order valence-corrected chi connectivity index (χ1v) is 8.85. The van der Waals surface area contributed by atoms with Gasteiger partial charge in [0.05, 0.1) is 0 Å². The molecule has 3 rings (SSSR count). The van der Waals surface area contributed by atoms with Crippen molar-refractivity contribution < 1.29 is 14.7 Å². The Morgan fingerprint density at radius 2 is 2.24 bits per heavy atom. The lowest BCUT2D eigenvalue weighted by atomic mass is 9.98. The Labute approximate surface area is 135 Å². The lowest BCUT2D eigenvalue weighted by molar-refractivity contribution is -0.146. The summed E-state index contributed by atoms with van der Waals surface area (Å²) in [6, 6.07) is 7.95. The molecule has 1 saturated heterocycles. The number of nitrogens with one attached hydrogen (secondary N) is 1. The van der Waals surface area contributed by atoms with E-state index in [-0.39, 0.29) is 17.7 Å². The van der Waals surface area contributed by atoms with Crippen molar-refractivity contribution in [3.63, 3.8) is 0 Å². The fourth-order valence-corrected chi connectivity index (χ4v) is 4.55. The Bertz CT molecular complexity index is 586. The highest BCUT2D eigenvalue weighted by Crippen LogP contribution is 2.48. The fourth-order valence-electron chi connectivity index (χ4n) is 2.80. The minimum Gasteiger partial charge on any atom is -0.479 e. The first-order chi connectivity index (χ1) is 10.0. The van der Waals surface area contributed by atoms with Crippen molar-refractivity contribution in [3.8, 4) is 0 Å². The molecule has 1 aromatic rings. The number of aliphatic carboxylic acids is 1. The summed E-state index contributed by atoms with van der Waals surface area (Å²) < 4.78 is 1.00. The van der Waals surface area contributed by atoms with E-state index in [1.54, 1.807) is 11.8 Å². The number of amides is 1. The van der Waals surface area contributed by atoms with Crippen LogP contribution in [0.2, 0.25) is 0 Å². The number of carbonyl (C=O) groups excluding carboxylic acids is 1. The molecule has 6 heteroatoms. The molecule has 0 aromatic heterocycles. The van der Waals surface area contributed by atoms with Crippen molar-refractivity contribution in [2.75, 3.05) is 11.5 Å². The molecule has 1 aromatic carbocycles. The zero-order valence-electron chi connectivity index (χ0n) is 11.3. The predicted molar refractivity (Wildman–Crippen MR) is 85.4 cm³/mol. The van der Waals surface area contributed by atoms with Crippen LogP contribution in [0.4, 0.5) is 0 Å². The molecule has 4 nitrogen and oxygen atoms in total. The quantitative estimate of drug-likeness (QED) is 0.855. The van der Waals surface area contributed by atoms with Gasteiger partial charge in [-0.3, -0.25) is 4.79 Å². The van der Waals surface area contributed by atoms with Crippen LogP contribution in [0.15, 0.2) is 28.7 Å². The van der Waals surface area contributed by atoms with Crippen LogP contribution in [0.5, 0.6) is 0 Å². The number of rotatable bonds is 4. The minimum absolute atomic E-state index is 0.0962. The maximum Gasteiger partial charge on any atom is 0.330 e. The van der Waals surface area contributed by atoms with Crippen molar-refractivity contribution in [2.45, 2.75) is 24.3 Å². The van der Waals surface area contributed by atoms with Crippen molar-refractivity contribution in [3.05, 3.63) is 34.3 Å². The third-order valence-electron chi connectivity index (χ3n) is 4.20. The van der Waals surface area contributed by atoms with Crippen LogP contribution in [-0.4, -0.2) is 34.0 Å². The second kappa shape index (κ2) is 5.65. The van der Waals surface area contributed by atoms with E-state index < -0.39 is 11.5 Å². The molecule has 1 heterocycles. The highest BCUT2D eigenvalue weighted by molar-refractivity contribution is 9.10. The fraction of sp³-hybridized carbons (Fsp3) is 0.467. The van der Waals surface area contributed by atoms with Crippen molar-refractivity contribution in [2.24, 2.45) is 5.92 Å². The van der Waals surface area contributed by atoms with Gasteiger partial charge in [-0.1, -0.05) is 28.1 Å². The van der Waals surface area contributed by atoms with Gasteiger partial charge in [0.15, 0.2) is 0 Å². The van der Waals surface area contributed by atoms with Crippen LogP contribution in [0.25, 0.3) is 0 Å². The van der Waals surface area contributed by atoms with Gasteiger partial charge in [0.1, 0.15) is 5.54 Å². The Kier molecular flexibility index (Phi) is 4.01. The number of carboxylic acids is 1. The Balaban J connectivity index is 1.66. The van der Waals surface area contributed by atoms with Gasteiger partial charge in [-0.25, -0.2) is 4.79 Å². The molecule has 3 unspecified atom stereocenters. The molecule has 0 radical (unpaired) electrons. The van der Waals surface area contributed by atoms with E-state index in [0.717, 1.165) is 22.2 Å². The van der Waals surface area contributed by atoms with E-state index in [4.69, 9.17) is 0 Å². The van der Waals surface area contributed by atoms with Crippen molar-refractivity contribution in [1.29, 1.82) is 0 Å². The molecule has 2 fully saturated rings. The van der Waals surface area contributed by atoms with Crippen LogP contribution < -0.4 is 5.32 Å². The molecule has 112 valence electrons. The first-order valence-electron chi connectivity index (χ1n) is 6.90. The van der Waals surface area contributed by atoms with Gasteiger partial charge < -0.3 is 10.4 Å². The summed E-state index contributed by atoms with van der Waals surface area (Å²) in [5.74, 6) is 0.322. The third kappa shape index (κ3) is 2.97. The maximum atomic E-state index is 12.3. The van der Waals surface area contributed by atoms with Gasteiger partial charge in [-0.2, -0.15) is 11.8 Å². The number of carbonyl (C=O) groups is 2. The van der Waals surface area contributed by atoms with Crippen molar-refractivity contribution >= 4 is 39.6 Å². The molecule has 2 aliphatic rings. The van der Waals surface area contributed by atoms with Crippen molar-refractivity contribution in [1.82, 2.24) is 5.32 Å². The number of thioether (sulfide) groups is 1. The largest absolute Gasteiger partial charge is 0.479 e. The Morgan fingerprint density at radius 3 is 2.86 bits per heavy atom. The standard InChI is InChI=1S/C15H16BrNO3S/c16-10-3-1-2-9(6-10)11-7-12(11)13(18)17-15(14(19)20)4-5-21-8-15/h1-3,6,11-12H,4-5,7-8H2,(H,17,18)(H,19,20). The first kappa shape index (κ1) is 14.9. The van der Waals surface area contributed by atoms with E-state index >= 15 is 0 Å². The molecule has 1 amide bonds. The van der Waals surface area contributed by atoms with E-state index in [1.807, 2.05) is 24.3 Å².